The van der Waals surface area contributed by atoms with E-state index in [1.165, 1.54) is 0 Å². The average Bonchev–Trinajstić information content (AvgIpc) is 2.75. The summed E-state index contributed by atoms with van der Waals surface area (Å²) in [6.45, 7) is 5.83. The van der Waals surface area contributed by atoms with Gasteiger partial charge in [0.05, 0.1) is 13.2 Å². The first kappa shape index (κ1) is 19.9. The molecule has 0 bridgehead atoms. The van der Waals surface area contributed by atoms with Gasteiger partial charge < -0.3 is 19.8 Å². The molecule has 0 aliphatic carbocycles. The molecule has 1 saturated heterocycles. The molecule has 0 radical (unpaired) electrons. The van der Waals surface area contributed by atoms with Gasteiger partial charge in [0.2, 0.25) is 5.43 Å². The number of morpholine rings is 1. The highest BCUT2D eigenvalue weighted by molar-refractivity contribution is 7.65. The summed E-state index contributed by atoms with van der Waals surface area (Å²) in [6.07, 6.45) is 3.38. The molecule has 1 amide bonds. The third kappa shape index (κ3) is 3.77. The molecule has 0 saturated carbocycles. The number of nitrogens with zero attached hydrogens (tertiary/aromatic N) is 2. The van der Waals surface area contributed by atoms with Crippen molar-refractivity contribution in [2.75, 3.05) is 37.5 Å². The molecular formula is C21H26N3O4P. The summed E-state index contributed by atoms with van der Waals surface area (Å²) in [5.41, 5.74) is 4.39. The van der Waals surface area contributed by atoms with Gasteiger partial charge in [-0.05, 0) is 17.9 Å². The van der Waals surface area contributed by atoms with E-state index < -0.39 is 7.92 Å². The Bertz CT molecular complexity index is 943. The minimum absolute atomic E-state index is 0.142. The largest absolute Gasteiger partial charge is 0.482 e. The Morgan fingerprint density at radius 3 is 2.69 bits per heavy atom. The first-order valence-corrected chi connectivity index (χ1v) is 11.7. The third-order valence-corrected chi connectivity index (χ3v) is 7.88. The van der Waals surface area contributed by atoms with Crippen LogP contribution in [0.15, 0.2) is 41.3 Å². The number of hydrogen-bond acceptors (Lipinski definition) is 5. The summed E-state index contributed by atoms with van der Waals surface area (Å²) in [4.78, 5) is 28.4. The summed E-state index contributed by atoms with van der Waals surface area (Å²) < 4.78 is 13.2. The molecule has 0 spiro atoms. The Morgan fingerprint density at radius 2 is 1.97 bits per heavy atom. The zero-order valence-electron chi connectivity index (χ0n) is 16.8. The Balaban J connectivity index is 1.79. The lowest BCUT2D eigenvalue weighted by Gasteiger charge is -2.41. The SMILES string of the molecule is CCP(CC)c1cn2c(c(OCc3ccccc3)c1=O)C(=O)N1CCOCC1N2. The van der Waals surface area contributed by atoms with Crippen molar-refractivity contribution in [3.63, 3.8) is 0 Å². The normalized spacial score (nSPS) is 18.2. The molecule has 1 N–H and O–H groups in total. The molecule has 154 valence electrons. The van der Waals surface area contributed by atoms with Crippen LogP contribution in [0.2, 0.25) is 0 Å². The van der Waals surface area contributed by atoms with Crippen LogP contribution in [0.1, 0.15) is 29.9 Å². The van der Waals surface area contributed by atoms with Crippen LogP contribution in [-0.2, 0) is 11.3 Å². The summed E-state index contributed by atoms with van der Waals surface area (Å²) in [7, 11) is -0.612. The summed E-state index contributed by atoms with van der Waals surface area (Å²) in [6, 6.07) is 9.67. The van der Waals surface area contributed by atoms with Gasteiger partial charge in [0.15, 0.2) is 11.4 Å². The van der Waals surface area contributed by atoms with E-state index in [4.69, 9.17) is 9.47 Å². The number of carbonyl (C=O) groups is 1. The van der Waals surface area contributed by atoms with Gasteiger partial charge in [0.25, 0.3) is 5.91 Å². The molecule has 1 unspecified atom stereocenters. The van der Waals surface area contributed by atoms with Crippen LogP contribution in [0, 0.1) is 0 Å². The van der Waals surface area contributed by atoms with E-state index >= 15 is 0 Å². The van der Waals surface area contributed by atoms with Gasteiger partial charge in [-0.15, -0.1) is 0 Å². The number of amides is 1. The van der Waals surface area contributed by atoms with Crippen LogP contribution in [0.25, 0.3) is 0 Å². The number of hydrogen-bond donors (Lipinski definition) is 1. The fourth-order valence-corrected chi connectivity index (χ4v) is 5.58. The zero-order chi connectivity index (χ0) is 20.4. The van der Waals surface area contributed by atoms with Crippen molar-refractivity contribution in [2.45, 2.75) is 26.6 Å². The van der Waals surface area contributed by atoms with Crippen LogP contribution in [-0.4, -0.2) is 53.7 Å². The second kappa shape index (κ2) is 8.56. The molecule has 1 atom stereocenters. The van der Waals surface area contributed by atoms with Gasteiger partial charge in [-0.25, -0.2) is 0 Å². The summed E-state index contributed by atoms with van der Waals surface area (Å²) >= 11 is 0. The maximum absolute atomic E-state index is 13.4. The van der Waals surface area contributed by atoms with E-state index in [1.807, 2.05) is 30.3 Å². The van der Waals surface area contributed by atoms with Gasteiger partial charge in [-0.1, -0.05) is 52.1 Å². The van der Waals surface area contributed by atoms with Gasteiger partial charge in [0.1, 0.15) is 12.8 Å². The maximum Gasteiger partial charge on any atom is 0.278 e. The monoisotopic (exact) mass is 415 g/mol. The number of pyridine rings is 1. The Hall–Kier alpha value is -2.37. The fraction of sp³-hybridized carbons (Fsp3) is 0.429. The van der Waals surface area contributed by atoms with Crippen molar-refractivity contribution in [1.29, 1.82) is 0 Å². The lowest BCUT2D eigenvalue weighted by Crippen LogP contribution is -2.60. The lowest BCUT2D eigenvalue weighted by atomic mass is 10.2. The number of fused-ring (bicyclic) bond motifs is 2. The van der Waals surface area contributed by atoms with Crippen molar-refractivity contribution in [3.8, 4) is 5.75 Å². The molecule has 3 heterocycles. The molecule has 1 aromatic carbocycles. The van der Waals surface area contributed by atoms with E-state index in [-0.39, 0.29) is 35.6 Å². The van der Waals surface area contributed by atoms with Gasteiger partial charge in [0, 0.05) is 18.0 Å². The van der Waals surface area contributed by atoms with Crippen LogP contribution in [0.5, 0.6) is 5.75 Å². The summed E-state index contributed by atoms with van der Waals surface area (Å²) in [5, 5.41) is 0.738. The average molecular weight is 415 g/mol. The highest BCUT2D eigenvalue weighted by Crippen LogP contribution is 2.33. The molecule has 2 aliphatic rings. The van der Waals surface area contributed by atoms with Crippen molar-refractivity contribution in [3.05, 3.63) is 58.0 Å². The quantitative estimate of drug-likeness (QED) is 0.730. The first-order chi connectivity index (χ1) is 14.1. The first-order valence-electron chi connectivity index (χ1n) is 10.0. The Morgan fingerprint density at radius 1 is 1.21 bits per heavy atom. The van der Waals surface area contributed by atoms with E-state index in [9.17, 15) is 9.59 Å². The standard InChI is InChI=1S/C21H26N3O4P/c1-3-29(4-2)16-12-24-18(21(26)23-10-11-27-14-17(23)22-24)20(19(16)25)28-13-15-8-6-5-7-9-15/h5-9,12,17,22H,3-4,10-11,13-14H2,1-2H3. The molecule has 8 heteroatoms. The highest BCUT2D eigenvalue weighted by Gasteiger charge is 2.38. The predicted octanol–water partition coefficient (Wildman–Crippen LogP) is 1.93. The molecular weight excluding hydrogens is 389 g/mol. The number of nitrogens with one attached hydrogen (secondary N) is 1. The number of aromatic nitrogens is 1. The number of carbonyl (C=O) groups excluding carboxylic acids is 1. The topological polar surface area (TPSA) is 72.8 Å². The second-order valence-corrected chi connectivity index (χ2v) is 9.88. The fourth-order valence-electron chi connectivity index (χ4n) is 3.78. The molecule has 1 fully saturated rings. The predicted molar refractivity (Wildman–Crippen MR) is 114 cm³/mol. The van der Waals surface area contributed by atoms with Crippen molar-refractivity contribution in [2.24, 2.45) is 0 Å². The molecule has 29 heavy (non-hydrogen) atoms. The molecule has 1 aromatic heterocycles. The van der Waals surface area contributed by atoms with Crippen LogP contribution < -0.4 is 20.9 Å². The van der Waals surface area contributed by atoms with Gasteiger partial charge in [-0.2, -0.15) is 0 Å². The Labute approximate surface area is 171 Å². The van der Waals surface area contributed by atoms with E-state index in [1.54, 1.807) is 15.8 Å². The minimum atomic E-state index is -0.612. The molecule has 2 aliphatic heterocycles. The second-order valence-electron chi connectivity index (χ2n) is 7.06. The van der Waals surface area contributed by atoms with Crippen molar-refractivity contribution < 1.29 is 14.3 Å². The van der Waals surface area contributed by atoms with Crippen molar-refractivity contribution in [1.82, 2.24) is 9.58 Å². The molecule has 2 aromatic rings. The van der Waals surface area contributed by atoms with Crippen LogP contribution in [0.4, 0.5) is 0 Å². The van der Waals surface area contributed by atoms with Crippen LogP contribution >= 0.6 is 7.92 Å². The minimum Gasteiger partial charge on any atom is -0.482 e. The highest BCUT2D eigenvalue weighted by atomic mass is 31.1. The van der Waals surface area contributed by atoms with E-state index in [0.29, 0.717) is 19.8 Å². The number of rotatable bonds is 6. The Kier molecular flexibility index (Phi) is 5.88. The zero-order valence-corrected chi connectivity index (χ0v) is 17.7. The maximum atomic E-state index is 13.4. The van der Waals surface area contributed by atoms with Gasteiger partial charge in [-0.3, -0.25) is 14.3 Å². The summed E-state index contributed by atoms with van der Waals surface area (Å²) in [5.74, 6) is -0.0516. The molecule has 4 rings (SSSR count). The van der Waals surface area contributed by atoms with Crippen molar-refractivity contribution >= 4 is 19.1 Å². The van der Waals surface area contributed by atoms with Gasteiger partial charge >= 0.3 is 0 Å². The number of ether oxygens (including phenoxy) is 2. The third-order valence-electron chi connectivity index (χ3n) is 5.36. The van der Waals surface area contributed by atoms with E-state index in [2.05, 4.69) is 19.3 Å². The number of benzene rings is 1. The van der Waals surface area contributed by atoms with E-state index in [0.717, 1.165) is 23.2 Å². The van der Waals surface area contributed by atoms with Crippen LogP contribution in [0.3, 0.4) is 0 Å². The lowest BCUT2D eigenvalue weighted by molar-refractivity contribution is -0.00323. The smallest absolute Gasteiger partial charge is 0.278 e. The molecule has 7 nitrogen and oxygen atoms in total.